The van der Waals surface area contributed by atoms with Crippen LogP contribution < -0.4 is 5.10 Å². The van der Waals surface area contributed by atoms with Crippen molar-refractivity contribution >= 4 is 27.8 Å². The Morgan fingerprint density at radius 1 is 0.771 bits per heavy atom. The van der Waals surface area contributed by atoms with E-state index in [1.54, 1.807) is 13.1 Å². The first-order valence-electron chi connectivity index (χ1n) is 10.9. The van der Waals surface area contributed by atoms with E-state index in [0.29, 0.717) is 11.6 Å². The maximum atomic E-state index is 4.83. The number of hydrogen-bond donors (Lipinski definition) is 0. The van der Waals surface area contributed by atoms with Gasteiger partial charge in [0.15, 0.2) is 0 Å². The van der Waals surface area contributed by atoms with Gasteiger partial charge in [-0.05, 0) is 49.1 Å². The zero-order chi connectivity index (χ0) is 22.9. The number of hydrogen-bond acceptors (Lipinski definition) is 4. The Bertz CT molecular complexity index is 1720. The second kappa shape index (κ2) is 9.62. The zero-order valence-electron chi connectivity index (χ0n) is 18.7. The summed E-state index contributed by atoms with van der Waals surface area (Å²) >= 11 is 0. The van der Waals surface area contributed by atoms with Gasteiger partial charge in [0.2, 0.25) is 5.78 Å². The molecule has 0 amide bonds. The minimum atomic E-state index is 0. The first-order chi connectivity index (χ1) is 16.8. The van der Waals surface area contributed by atoms with Gasteiger partial charge in [-0.1, -0.05) is 36.0 Å². The van der Waals surface area contributed by atoms with Crippen LogP contribution in [-0.4, -0.2) is 29.0 Å². The number of para-hydroxylation sites is 5. The maximum Gasteiger partial charge on any atom is 0.218 e. The molecule has 0 aliphatic carbocycles. The van der Waals surface area contributed by atoms with E-state index in [4.69, 9.17) is 4.98 Å². The molecule has 7 aromatic rings. The molecular weight excluding hydrogens is 615 g/mol. The van der Waals surface area contributed by atoms with Crippen LogP contribution in [0, 0.1) is 13.0 Å². The minimum Gasteiger partial charge on any atom is -0.421 e. The molecule has 173 valence electrons. The number of pyridine rings is 1. The number of aromatic nitrogens is 7. The largest absolute Gasteiger partial charge is 0.421 e. The van der Waals surface area contributed by atoms with Crippen LogP contribution in [-0.2, 0) is 20.1 Å². The number of nitrogens with zero attached hydrogens (tertiary/aromatic N) is 7. The molecule has 0 spiro atoms. The average molecular weight is 634 g/mol. The number of benzene rings is 3. The van der Waals surface area contributed by atoms with E-state index in [2.05, 4.69) is 83.7 Å². The molecule has 0 saturated carbocycles. The average Bonchev–Trinajstić information content (AvgIpc) is 3.58. The van der Waals surface area contributed by atoms with Gasteiger partial charge in [0.05, 0.1) is 27.8 Å². The van der Waals surface area contributed by atoms with Crippen LogP contribution in [0.2, 0.25) is 0 Å². The summed E-state index contributed by atoms with van der Waals surface area (Å²) in [7, 11) is 0. The molecule has 0 fully saturated rings. The predicted octanol–water partition coefficient (Wildman–Crippen LogP) is 5.03. The van der Waals surface area contributed by atoms with E-state index in [1.165, 1.54) is 0 Å². The fourth-order valence-corrected chi connectivity index (χ4v) is 4.03. The van der Waals surface area contributed by atoms with Gasteiger partial charge in [-0.25, -0.2) is 4.98 Å². The molecule has 8 heteroatoms. The van der Waals surface area contributed by atoms with Gasteiger partial charge in [0, 0.05) is 32.1 Å². The normalized spacial score (nSPS) is 10.8. The number of imidazole rings is 2. The quantitative estimate of drug-likeness (QED) is 0.250. The van der Waals surface area contributed by atoms with E-state index in [0.717, 1.165) is 39.2 Å². The molecule has 0 unspecified atom stereocenters. The SMILES string of the molecule is Cc1n[n-]c(-c2ccccn2)n1.[Ir].[c-]1ccccc1-n1c2ccccc2n2c3ccccc3nc12. The van der Waals surface area contributed by atoms with E-state index >= 15 is 0 Å². The van der Waals surface area contributed by atoms with E-state index < -0.39 is 0 Å². The molecule has 0 N–H and O–H groups in total. The Morgan fingerprint density at radius 3 is 2.23 bits per heavy atom. The van der Waals surface area contributed by atoms with Crippen molar-refractivity contribution in [1.29, 1.82) is 0 Å². The van der Waals surface area contributed by atoms with Crippen LogP contribution in [0.1, 0.15) is 5.82 Å². The van der Waals surface area contributed by atoms with Gasteiger partial charge in [0.1, 0.15) is 0 Å². The molecule has 0 bridgehead atoms. The Balaban J connectivity index is 0.000000167. The van der Waals surface area contributed by atoms with Crippen molar-refractivity contribution in [3.05, 3.63) is 109 Å². The van der Waals surface area contributed by atoms with Crippen LogP contribution in [0.5, 0.6) is 0 Å². The third-order valence-corrected chi connectivity index (χ3v) is 5.49. The Hall–Kier alpha value is -4.13. The topological polar surface area (TPSA) is 75.0 Å². The van der Waals surface area contributed by atoms with Gasteiger partial charge in [-0.2, -0.15) is 24.3 Å². The molecule has 1 radical (unpaired) electrons. The van der Waals surface area contributed by atoms with Gasteiger partial charge < -0.3 is 14.6 Å². The molecule has 0 aliphatic heterocycles. The van der Waals surface area contributed by atoms with Crippen molar-refractivity contribution in [3.63, 3.8) is 0 Å². The monoisotopic (exact) mass is 634 g/mol. The fourth-order valence-electron chi connectivity index (χ4n) is 4.03. The summed E-state index contributed by atoms with van der Waals surface area (Å²) in [6.07, 6.45) is 1.71. The summed E-state index contributed by atoms with van der Waals surface area (Å²) in [5, 5.41) is 7.65. The van der Waals surface area contributed by atoms with Gasteiger partial charge >= 0.3 is 0 Å². The number of fused-ring (bicyclic) bond motifs is 5. The Kier molecular flexibility index (Phi) is 6.23. The maximum absolute atomic E-state index is 4.83. The molecule has 4 aromatic heterocycles. The van der Waals surface area contributed by atoms with Crippen LogP contribution in [0.3, 0.4) is 0 Å². The standard InChI is InChI=1S/C19H12N3.C8H7N4.Ir/c1-2-8-14(9-3-1)21-17-12-6-7-13-18(17)22-16-11-5-4-10-15(16)20-19(21)22;1-6-10-8(12-11-6)7-4-2-3-5-9-7;/h1-8,10-13H;2-5H,1H3;/q2*-1;. The van der Waals surface area contributed by atoms with E-state index in [9.17, 15) is 0 Å². The van der Waals surface area contributed by atoms with Gasteiger partial charge in [-0.15, -0.1) is 6.07 Å². The van der Waals surface area contributed by atoms with Crippen molar-refractivity contribution in [1.82, 2.24) is 34.1 Å². The summed E-state index contributed by atoms with van der Waals surface area (Å²) < 4.78 is 4.38. The molecular formula is C27H19IrN7-2. The number of rotatable bonds is 2. The van der Waals surface area contributed by atoms with Crippen molar-refractivity contribution < 1.29 is 20.1 Å². The van der Waals surface area contributed by atoms with Crippen LogP contribution in [0.25, 0.3) is 45.1 Å². The van der Waals surface area contributed by atoms with E-state index in [1.807, 2.05) is 42.5 Å². The molecule has 3 aromatic carbocycles. The van der Waals surface area contributed by atoms with Crippen molar-refractivity contribution in [2.75, 3.05) is 0 Å². The number of aryl methyl sites for hydroxylation is 1. The molecule has 0 atom stereocenters. The second-order valence-corrected chi connectivity index (χ2v) is 7.71. The summed E-state index contributed by atoms with van der Waals surface area (Å²) in [5.41, 5.74) is 6.19. The molecule has 7 nitrogen and oxygen atoms in total. The first kappa shape index (κ1) is 22.7. The van der Waals surface area contributed by atoms with Crippen LogP contribution >= 0.6 is 0 Å². The van der Waals surface area contributed by atoms with Crippen molar-refractivity contribution in [2.45, 2.75) is 6.92 Å². The second-order valence-electron chi connectivity index (χ2n) is 7.71. The molecule has 0 saturated heterocycles. The molecule has 7 rings (SSSR count). The van der Waals surface area contributed by atoms with Crippen LogP contribution in [0.4, 0.5) is 0 Å². The van der Waals surface area contributed by atoms with Gasteiger partial charge in [-0.3, -0.25) is 14.5 Å². The minimum absolute atomic E-state index is 0. The van der Waals surface area contributed by atoms with Crippen LogP contribution in [0.15, 0.2) is 97.2 Å². The fraction of sp³-hybridized carbons (Fsp3) is 0.0370. The van der Waals surface area contributed by atoms with Crippen molar-refractivity contribution in [2.24, 2.45) is 0 Å². The molecule has 4 heterocycles. The third kappa shape index (κ3) is 4.14. The summed E-state index contributed by atoms with van der Waals surface area (Å²) in [4.78, 5) is 13.0. The Morgan fingerprint density at radius 2 is 1.51 bits per heavy atom. The Labute approximate surface area is 214 Å². The summed E-state index contributed by atoms with van der Waals surface area (Å²) in [6.45, 7) is 1.80. The smallest absolute Gasteiger partial charge is 0.218 e. The predicted molar refractivity (Wildman–Crippen MR) is 132 cm³/mol. The molecule has 0 aliphatic rings. The third-order valence-electron chi connectivity index (χ3n) is 5.49. The molecule has 35 heavy (non-hydrogen) atoms. The summed E-state index contributed by atoms with van der Waals surface area (Å²) in [5.74, 6) is 2.19. The zero-order valence-corrected chi connectivity index (χ0v) is 21.1. The van der Waals surface area contributed by atoms with E-state index in [-0.39, 0.29) is 20.1 Å². The van der Waals surface area contributed by atoms with Crippen molar-refractivity contribution in [3.8, 4) is 17.2 Å². The van der Waals surface area contributed by atoms with Gasteiger partial charge in [0.25, 0.3) is 0 Å². The first-order valence-corrected chi connectivity index (χ1v) is 10.9. The summed E-state index contributed by atoms with van der Waals surface area (Å²) in [6, 6.07) is 33.5.